The fourth-order valence-corrected chi connectivity index (χ4v) is 1.98. The molecular weight excluding hydrogens is 218 g/mol. The molecule has 1 aromatic rings. The van der Waals surface area contributed by atoms with Gasteiger partial charge in [0.1, 0.15) is 12.1 Å². The minimum Gasteiger partial charge on any atom is -0.353 e. The smallest absolute Gasteiger partial charge is 0.314 e. The standard InChI is InChI=1S/C11H17N5O/c1-8-9(2)13-7-14-10(8)15-3-5-16(6-4-15)11(12)17/h7H,3-6H2,1-2H3,(H2,12,17). The lowest BCUT2D eigenvalue weighted by Gasteiger charge is -2.35. The van der Waals surface area contributed by atoms with E-state index in [0.717, 1.165) is 30.2 Å². The molecule has 2 rings (SSSR count). The van der Waals surface area contributed by atoms with Gasteiger partial charge in [0, 0.05) is 37.4 Å². The highest BCUT2D eigenvalue weighted by Gasteiger charge is 2.21. The van der Waals surface area contributed by atoms with E-state index in [0.29, 0.717) is 13.1 Å². The minimum atomic E-state index is -0.347. The van der Waals surface area contributed by atoms with Gasteiger partial charge in [-0.2, -0.15) is 0 Å². The van der Waals surface area contributed by atoms with Crippen LogP contribution in [0.3, 0.4) is 0 Å². The van der Waals surface area contributed by atoms with Crippen molar-refractivity contribution in [2.45, 2.75) is 13.8 Å². The lowest BCUT2D eigenvalue weighted by atomic mass is 10.2. The number of aromatic nitrogens is 2. The van der Waals surface area contributed by atoms with E-state index in [-0.39, 0.29) is 6.03 Å². The lowest BCUT2D eigenvalue weighted by molar-refractivity contribution is 0.204. The summed E-state index contributed by atoms with van der Waals surface area (Å²) in [6.07, 6.45) is 1.58. The molecule has 1 aromatic heterocycles. The van der Waals surface area contributed by atoms with Crippen molar-refractivity contribution in [3.05, 3.63) is 17.6 Å². The van der Waals surface area contributed by atoms with E-state index in [9.17, 15) is 4.79 Å². The molecule has 2 heterocycles. The molecule has 1 saturated heterocycles. The van der Waals surface area contributed by atoms with Crippen molar-refractivity contribution in [3.63, 3.8) is 0 Å². The van der Waals surface area contributed by atoms with E-state index in [2.05, 4.69) is 14.9 Å². The van der Waals surface area contributed by atoms with E-state index in [4.69, 9.17) is 5.73 Å². The molecule has 6 nitrogen and oxygen atoms in total. The Morgan fingerprint density at radius 3 is 2.47 bits per heavy atom. The predicted octanol–water partition coefficient (Wildman–Crippen LogP) is 0.294. The number of piperazine rings is 1. The third kappa shape index (κ3) is 2.30. The second-order valence-electron chi connectivity index (χ2n) is 4.22. The number of anilines is 1. The van der Waals surface area contributed by atoms with E-state index in [1.165, 1.54) is 0 Å². The summed E-state index contributed by atoms with van der Waals surface area (Å²) < 4.78 is 0. The van der Waals surface area contributed by atoms with Crippen molar-refractivity contribution < 1.29 is 4.79 Å². The van der Waals surface area contributed by atoms with Crippen LogP contribution in [0.5, 0.6) is 0 Å². The number of hydrogen-bond acceptors (Lipinski definition) is 4. The van der Waals surface area contributed by atoms with Crippen LogP contribution in [0.1, 0.15) is 11.3 Å². The highest BCUT2D eigenvalue weighted by Crippen LogP contribution is 2.19. The van der Waals surface area contributed by atoms with Crippen LogP contribution in [0.15, 0.2) is 6.33 Å². The maximum Gasteiger partial charge on any atom is 0.314 e. The van der Waals surface area contributed by atoms with E-state index in [1.807, 2.05) is 13.8 Å². The van der Waals surface area contributed by atoms with E-state index in [1.54, 1.807) is 11.2 Å². The molecule has 0 spiro atoms. The quantitative estimate of drug-likeness (QED) is 0.759. The molecule has 2 amide bonds. The monoisotopic (exact) mass is 235 g/mol. The highest BCUT2D eigenvalue weighted by atomic mass is 16.2. The Morgan fingerprint density at radius 2 is 1.88 bits per heavy atom. The van der Waals surface area contributed by atoms with Gasteiger partial charge in [-0.15, -0.1) is 0 Å². The van der Waals surface area contributed by atoms with Crippen LogP contribution in [0.4, 0.5) is 10.6 Å². The van der Waals surface area contributed by atoms with E-state index < -0.39 is 0 Å². The molecule has 1 fully saturated rings. The summed E-state index contributed by atoms with van der Waals surface area (Å²) >= 11 is 0. The molecule has 0 radical (unpaired) electrons. The summed E-state index contributed by atoms with van der Waals surface area (Å²) in [5.41, 5.74) is 7.34. The largest absolute Gasteiger partial charge is 0.353 e. The van der Waals surface area contributed by atoms with Gasteiger partial charge in [-0.1, -0.05) is 0 Å². The summed E-state index contributed by atoms with van der Waals surface area (Å²) in [5, 5.41) is 0. The van der Waals surface area contributed by atoms with Gasteiger partial charge in [-0.25, -0.2) is 14.8 Å². The van der Waals surface area contributed by atoms with Gasteiger partial charge in [0.2, 0.25) is 0 Å². The van der Waals surface area contributed by atoms with Gasteiger partial charge < -0.3 is 15.5 Å². The number of amides is 2. The maximum absolute atomic E-state index is 11.0. The van der Waals surface area contributed by atoms with Crippen molar-refractivity contribution in [2.75, 3.05) is 31.1 Å². The zero-order chi connectivity index (χ0) is 12.4. The molecular formula is C11H17N5O. The zero-order valence-corrected chi connectivity index (χ0v) is 10.2. The topological polar surface area (TPSA) is 75.3 Å². The summed E-state index contributed by atoms with van der Waals surface area (Å²) in [4.78, 5) is 23.3. The van der Waals surface area contributed by atoms with Crippen molar-refractivity contribution in [2.24, 2.45) is 5.73 Å². The first-order valence-electron chi connectivity index (χ1n) is 5.67. The fraction of sp³-hybridized carbons (Fsp3) is 0.545. The first kappa shape index (κ1) is 11.6. The number of carbonyl (C=O) groups excluding carboxylic acids is 1. The SMILES string of the molecule is Cc1ncnc(N2CCN(C(N)=O)CC2)c1C. The Kier molecular flexibility index (Phi) is 3.12. The number of nitrogens with two attached hydrogens (primary N) is 1. The van der Waals surface area contributed by atoms with E-state index >= 15 is 0 Å². The molecule has 0 atom stereocenters. The van der Waals surface area contributed by atoms with Crippen LogP contribution in [0.25, 0.3) is 0 Å². The summed E-state index contributed by atoms with van der Waals surface area (Å²) in [5.74, 6) is 0.960. The Labute approximate surface area is 100 Å². The third-order valence-corrected chi connectivity index (χ3v) is 3.20. The molecule has 0 saturated carbocycles. The number of aryl methyl sites for hydroxylation is 1. The maximum atomic E-state index is 11.0. The first-order chi connectivity index (χ1) is 8.09. The molecule has 0 unspecified atom stereocenters. The molecule has 0 aliphatic carbocycles. The number of rotatable bonds is 1. The van der Waals surface area contributed by atoms with Crippen LogP contribution in [-0.2, 0) is 0 Å². The minimum absolute atomic E-state index is 0.347. The molecule has 1 aliphatic rings. The average Bonchev–Trinajstić information content (AvgIpc) is 2.33. The molecule has 92 valence electrons. The van der Waals surface area contributed by atoms with Gasteiger partial charge in [-0.05, 0) is 13.8 Å². The van der Waals surface area contributed by atoms with Crippen LogP contribution in [-0.4, -0.2) is 47.1 Å². The van der Waals surface area contributed by atoms with Gasteiger partial charge in [-0.3, -0.25) is 0 Å². The first-order valence-corrected chi connectivity index (χ1v) is 5.67. The van der Waals surface area contributed by atoms with Crippen molar-refractivity contribution in [1.29, 1.82) is 0 Å². The summed E-state index contributed by atoms with van der Waals surface area (Å²) in [6.45, 7) is 6.82. The Hall–Kier alpha value is -1.85. The van der Waals surface area contributed by atoms with Crippen LogP contribution in [0.2, 0.25) is 0 Å². The fourth-order valence-electron chi connectivity index (χ4n) is 1.98. The number of urea groups is 1. The summed E-state index contributed by atoms with van der Waals surface area (Å²) in [7, 11) is 0. The average molecular weight is 235 g/mol. The van der Waals surface area contributed by atoms with Gasteiger partial charge in [0.25, 0.3) is 0 Å². The number of carbonyl (C=O) groups is 1. The van der Waals surface area contributed by atoms with Gasteiger partial charge in [0.05, 0.1) is 0 Å². The normalized spacial score (nSPS) is 16.1. The van der Waals surface area contributed by atoms with Crippen LogP contribution >= 0.6 is 0 Å². The summed E-state index contributed by atoms with van der Waals surface area (Å²) in [6, 6.07) is -0.347. The van der Waals surface area contributed by atoms with Crippen molar-refractivity contribution >= 4 is 11.8 Å². The van der Waals surface area contributed by atoms with Crippen molar-refractivity contribution in [3.8, 4) is 0 Å². The molecule has 0 aromatic carbocycles. The van der Waals surface area contributed by atoms with Crippen LogP contribution < -0.4 is 10.6 Å². The van der Waals surface area contributed by atoms with Gasteiger partial charge in [0.15, 0.2) is 0 Å². The second kappa shape index (κ2) is 4.57. The molecule has 17 heavy (non-hydrogen) atoms. The Bertz CT molecular complexity index is 426. The second-order valence-corrected chi connectivity index (χ2v) is 4.22. The molecule has 6 heteroatoms. The third-order valence-electron chi connectivity index (χ3n) is 3.20. The zero-order valence-electron chi connectivity index (χ0n) is 10.2. The molecule has 2 N–H and O–H groups in total. The Balaban J connectivity index is 2.10. The number of primary amides is 1. The number of hydrogen-bond donors (Lipinski definition) is 1. The predicted molar refractivity (Wildman–Crippen MR) is 64.9 cm³/mol. The molecule has 1 aliphatic heterocycles. The Morgan fingerprint density at radius 1 is 1.24 bits per heavy atom. The van der Waals surface area contributed by atoms with Crippen molar-refractivity contribution in [1.82, 2.24) is 14.9 Å². The lowest BCUT2D eigenvalue weighted by Crippen LogP contribution is -2.50. The number of nitrogens with zero attached hydrogens (tertiary/aromatic N) is 4. The van der Waals surface area contributed by atoms with Gasteiger partial charge >= 0.3 is 6.03 Å². The molecule has 0 bridgehead atoms. The van der Waals surface area contributed by atoms with Crippen LogP contribution in [0, 0.1) is 13.8 Å². The highest BCUT2D eigenvalue weighted by molar-refractivity contribution is 5.72.